The largest absolute Gasteiger partial charge is 0.351 e. The fourth-order valence-electron chi connectivity index (χ4n) is 4.38. The molecular formula is C18H32ClN3O2. The Labute approximate surface area is 151 Å². The first-order valence-corrected chi connectivity index (χ1v) is 9.52. The van der Waals surface area contributed by atoms with Gasteiger partial charge in [0.2, 0.25) is 11.8 Å². The molecule has 24 heavy (non-hydrogen) atoms. The highest BCUT2D eigenvalue weighted by molar-refractivity contribution is 5.85. The minimum absolute atomic E-state index is 0. The maximum absolute atomic E-state index is 12.2. The molecule has 6 heteroatoms. The number of carbonyl (C=O) groups is 2. The van der Waals surface area contributed by atoms with E-state index >= 15 is 0 Å². The Balaban J connectivity index is 0.00000208. The summed E-state index contributed by atoms with van der Waals surface area (Å²) >= 11 is 0. The van der Waals surface area contributed by atoms with Crippen molar-refractivity contribution in [2.45, 2.75) is 76.3 Å². The van der Waals surface area contributed by atoms with Crippen LogP contribution in [0.4, 0.5) is 0 Å². The molecule has 1 aliphatic carbocycles. The molecule has 3 fully saturated rings. The zero-order valence-corrected chi connectivity index (χ0v) is 15.4. The predicted octanol–water partition coefficient (Wildman–Crippen LogP) is 2.24. The van der Waals surface area contributed by atoms with Crippen molar-refractivity contribution in [1.82, 2.24) is 15.5 Å². The predicted molar refractivity (Wildman–Crippen MR) is 97.2 cm³/mol. The van der Waals surface area contributed by atoms with E-state index in [4.69, 9.17) is 0 Å². The number of rotatable bonds is 5. The van der Waals surface area contributed by atoms with E-state index in [1.54, 1.807) is 0 Å². The quantitative estimate of drug-likeness (QED) is 0.793. The minimum atomic E-state index is 0. The molecule has 0 spiro atoms. The van der Waals surface area contributed by atoms with Crippen LogP contribution in [0, 0.1) is 5.92 Å². The van der Waals surface area contributed by atoms with Gasteiger partial charge in [0.25, 0.3) is 0 Å². The topological polar surface area (TPSA) is 61.4 Å². The minimum Gasteiger partial charge on any atom is -0.351 e. The second-order valence-corrected chi connectivity index (χ2v) is 7.54. The van der Waals surface area contributed by atoms with Crippen LogP contribution in [0.15, 0.2) is 0 Å². The number of halogens is 1. The molecule has 3 rings (SSSR count). The van der Waals surface area contributed by atoms with Crippen LogP contribution in [0.5, 0.6) is 0 Å². The van der Waals surface area contributed by atoms with Crippen molar-refractivity contribution in [3.8, 4) is 0 Å². The van der Waals surface area contributed by atoms with Gasteiger partial charge in [-0.2, -0.15) is 0 Å². The van der Waals surface area contributed by atoms with Gasteiger partial charge in [0.1, 0.15) is 0 Å². The lowest BCUT2D eigenvalue weighted by molar-refractivity contribution is -0.130. The van der Waals surface area contributed by atoms with E-state index in [9.17, 15) is 9.59 Å². The van der Waals surface area contributed by atoms with Gasteiger partial charge in [-0.3, -0.25) is 9.59 Å². The van der Waals surface area contributed by atoms with Gasteiger partial charge in [0.05, 0.1) is 6.04 Å². The van der Waals surface area contributed by atoms with E-state index < -0.39 is 0 Å². The number of nitrogens with zero attached hydrogens (tertiary/aromatic N) is 1. The molecule has 2 aliphatic heterocycles. The molecule has 0 bridgehead atoms. The summed E-state index contributed by atoms with van der Waals surface area (Å²) in [5.74, 6) is 1.05. The van der Waals surface area contributed by atoms with Crippen LogP contribution in [0.1, 0.15) is 64.2 Å². The van der Waals surface area contributed by atoms with Crippen molar-refractivity contribution >= 4 is 24.2 Å². The molecule has 1 saturated carbocycles. The van der Waals surface area contributed by atoms with Crippen molar-refractivity contribution in [2.75, 3.05) is 19.6 Å². The van der Waals surface area contributed by atoms with Gasteiger partial charge in [-0.25, -0.2) is 0 Å². The SMILES string of the molecule is Cl.O=C(CCC1CCNCC1)NC1CC(=O)N(C2CCCCC2)C1. The summed E-state index contributed by atoms with van der Waals surface area (Å²) in [7, 11) is 0. The number of hydrogen-bond acceptors (Lipinski definition) is 3. The van der Waals surface area contributed by atoms with Crippen molar-refractivity contribution in [2.24, 2.45) is 5.92 Å². The number of nitrogens with one attached hydrogen (secondary N) is 2. The van der Waals surface area contributed by atoms with Crippen molar-refractivity contribution < 1.29 is 9.59 Å². The number of likely N-dealkylation sites (tertiary alicyclic amines) is 1. The summed E-state index contributed by atoms with van der Waals surface area (Å²) in [5, 5.41) is 6.46. The molecule has 2 saturated heterocycles. The molecule has 2 amide bonds. The van der Waals surface area contributed by atoms with Gasteiger partial charge in [-0.1, -0.05) is 19.3 Å². The summed E-state index contributed by atoms with van der Waals surface area (Å²) in [6.07, 6.45) is 10.5. The van der Waals surface area contributed by atoms with Gasteiger partial charge in [-0.15, -0.1) is 12.4 Å². The summed E-state index contributed by atoms with van der Waals surface area (Å²) < 4.78 is 0. The monoisotopic (exact) mass is 357 g/mol. The van der Waals surface area contributed by atoms with Gasteiger partial charge < -0.3 is 15.5 Å². The summed E-state index contributed by atoms with van der Waals surface area (Å²) in [4.78, 5) is 26.5. The van der Waals surface area contributed by atoms with Crippen LogP contribution in [0.2, 0.25) is 0 Å². The van der Waals surface area contributed by atoms with E-state index in [-0.39, 0.29) is 30.3 Å². The van der Waals surface area contributed by atoms with Gasteiger partial charge in [-0.05, 0) is 51.1 Å². The molecular weight excluding hydrogens is 326 g/mol. The normalized spacial score (nSPS) is 26.2. The maximum Gasteiger partial charge on any atom is 0.225 e. The fourth-order valence-corrected chi connectivity index (χ4v) is 4.38. The van der Waals surface area contributed by atoms with E-state index in [0.29, 0.717) is 24.8 Å². The maximum atomic E-state index is 12.2. The molecule has 1 unspecified atom stereocenters. The van der Waals surface area contributed by atoms with Crippen LogP contribution < -0.4 is 10.6 Å². The lowest BCUT2D eigenvalue weighted by Crippen LogP contribution is -2.41. The third kappa shape index (κ3) is 5.35. The lowest BCUT2D eigenvalue weighted by atomic mass is 9.93. The Bertz CT molecular complexity index is 420. The zero-order chi connectivity index (χ0) is 16.1. The smallest absolute Gasteiger partial charge is 0.225 e. The highest BCUT2D eigenvalue weighted by Gasteiger charge is 2.35. The molecule has 0 aromatic rings. The second kappa shape index (κ2) is 9.62. The van der Waals surface area contributed by atoms with E-state index in [2.05, 4.69) is 10.6 Å². The highest BCUT2D eigenvalue weighted by atomic mass is 35.5. The number of hydrogen-bond donors (Lipinski definition) is 2. The Hall–Kier alpha value is -0.810. The van der Waals surface area contributed by atoms with Crippen LogP contribution in [0.25, 0.3) is 0 Å². The first-order valence-electron chi connectivity index (χ1n) is 9.52. The average molecular weight is 358 g/mol. The first-order chi connectivity index (χ1) is 11.2. The van der Waals surface area contributed by atoms with E-state index in [0.717, 1.165) is 38.9 Å². The highest BCUT2D eigenvalue weighted by Crippen LogP contribution is 2.26. The van der Waals surface area contributed by atoms with Crippen LogP contribution >= 0.6 is 12.4 Å². The van der Waals surface area contributed by atoms with Crippen LogP contribution in [-0.4, -0.2) is 48.4 Å². The van der Waals surface area contributed by atoms with Gasteiger partial charge >= 0.3 is 0 Å². The van der Waals surface area contributed by atoms with Crippen LogP contribution in [0.3, 0.4) is 0 Å². The summed E-state index contributed by atoms with van der Waals surface area (Å²) in [5.41, 5.74) is 0. The number of amides is 2. The number of carbonyl (C=O) groups excluding carboxylic acids is 2. The van der Waals surface area contributed by atoms with Crippen molar-refractivity contribution in [1.29, 1.82) is 0 Å². The number of piperidine rings is 1. The summed E-state index contributed by atoms with van der Waals surface area (Å²) in [6.45, 7) is 2.89. The average Bonchev–Trinajstić information content (AvgIpc) is 2.95. The molecule has 5 nitrogen and oxygen atoms in total. The van der Waals surface area contributed by atoms with Crippen LogP contribution in [-0.2, 0) is 9.59 Å². The molecule has 2 heterocycles. The third-order valence-corrected chi connectivity index (χ3v) is 5.78. The molecule has 138 valence electrons. The Kier molecular flexibility index (Phi) is 7.82. The standard InChI is InChI=1S/C18H31N3O2.ClH/c22-17(7-6-14-8-10-19-11-9-14)20-15-12-18(23)21(13-15)16-4-2-1-3-5-16;/h14-16,19H,1-13H2,(H,20,22);1H. The molecule has 2 N–H and O–H groups in total. The molecule has 0 radical (unpaired) electrons. The van der Waals surface area contributed by atoms with Gasteiger partial charge in [0.15, 0.2) is 0 Å². The Morgan fingerprint density at radius 2 is 1.83 bits per heavy atom. The van der Waals surface area contributed by atoms with E-state index in [1.165, 1.54) is 32.1 Å². The van der Waals surface area contributed by atoms with Crippen molar-refractivity contribution in [3.05, 3.63) is 0 Å². The first kappa shape index (κ1) is 19.5. The van der Waals surface area contributed by atoms with Crippen molar-refractivity contribution in [3.63, 3.8) is 0 Å². The Morgan fingerprint density at radius 1 is 1.12 bits per heavy atom. The van der Waals surface area contributed by atoms with E-state index in [1.807, 2.05) is 4.90 Å². The molecule has 1 atom stereocenters. The lowest BCUT2D eigenvalue weighted by Gasteiger charge is -2.31. The third-order valence-electron chi connectivity index (χ3n) is 5.78. The molecule has 0 aromatic carbocycles. The Morgan fingerprint density at radius 3 is 2.54 bits per heavy atom. The summed E-state index contributed by atoms with van der Waals surface area (Å²) in [6, 6.07) is 0.456. The fraction of sp³-hybridized carbons (Fsp3) is 0.889. The zero-order valence-electron chi connectivity index (χ0n) is 14.6. The second-order valence-electron chi connectivity index (χ2n) is 7.54. The van der Waals surface area contributed by atoms with Gasteiger partial charge in [0, 0.05) is 25.4 Å². The molecule has 0 aromatic heterocycles. The molecule has 3 aliphatic rings.